The largest absolute Gasteiger partial charge is 0.274 e. The van der Waals surface area contributed by atoms with Crippen LogP contribution in [-0.2, 0) is 9.59 Å². The van der Waals surface area contributed by atoms with Crippen LogP contribution in [0.15, 0.2) is 81.8 Å². The molecule has 5 nitrogen and oxygen atoms in total. The van der Waals surface area contributed by atoms with Crippen LogP contribution in [0.1, 0.15) is 12.1 Å². The van der Waals surface area contributed by atoms with Gasteiger partial charge in [0.25, 0.3) is 0 Å². The van der Waals surface area contributed by atoms with Gasteiger partial charge in [0.1, 0.15) is 5.25 Å². The monoisotopic (exact) mass is 407 g/mol. The molecule has 2 amide bonds. The summed E-state index contributed by atoms with van der Waals surface area (Å²) in [5.74, 6) is -0.419. The number of hydrogen-bond donors (Lipinski definition) is 0. The molecule has 2 heterocycles. The summed E-state index contributed by atoms with van der Waals surface area (Å²) >= 11 is 2.78. The average Bonchev–Trinajstić information content (AvgIpc) is 2.96. The molecular weight excluding hydrogens is 390 g/mol. The van der Waals surface area contributed by atoms with Crippen LogP contribution >= 0.6 is 23.5 Å². The molecule has 0 unspecified atom stereocenters. The first-order valence-electron chi connectivity index (χ1n) is 8.77. The Morgan fingerprint density at radius 1 is 1.00 bits per heavy atom. The van der Waals surface area contributed by atoms with Crippen molar-refractivity contribution in [3.63, 3.8) is 0 Å². The molecule has 7 heteroatoms. The molecule has 1 aliphatic heterocycles. The van der Waals surface area contributed by atoms with Gasteiger partial charge in [-0.1, -0.05) is 53.9 Å². The molecule has 0 N–H and O–H groups in total. The molecule has 2 aromatic carbocycles. The normalized spacial score (nSPS) is 16.6. The van der Waals surface area contributed by atoms with Crippen LogP contribution in [0.4, 0.5) is 5.69 Å². The van der Waals surface area contributed by atoms with E-state index in [9.17, 15) is 9.59 Å². The zero-order valence-corrected chi connectivity index (χ0v) is 16.7. The number of nitrogens with zero attached hydrogens (tertiary/aromatic N) is 3. The highest BCUT2D eigenvalue weighted by Gasteiger charge is 2.41. The maximum Gasteiger partial charge on any atom is 0.247 e. The number of carbonyl (C=O) groups excluding carboxylic acids is 2. The molecule has 1 saturated heterocycles. The summed E-state index contributed by atoms with van der Waals surface area (Å²) in [7, 11) is 0. The summed E-state index contributed by atoms with van der Waals surface area (Å²) in [5.41, 5.74) is 1.45. The minimum absolute atomic E-state index is 0.144. The van der Waals surface area contributed by atoms with Crippen molar-refractivity contribution in [1.29, 1.82) is 0 Å². The van der Waals surface area contributed by atoms with E-state index in [2.05, 4.69) is 9.97 Å². The van der Waals surface area contributed by atoms with Crippen molar-refractivity contribution in [2.24, 2.45) is 0 Å². The van der Waals surface area contributed by atoms with Crippen molar-refractivity contribution in [1.82, 2.24) is 9.97 Å². The number of thioether (sulfide) groups is 1. The van der Waals surface area contributed by atoms with Crippen LogP contribution in [0, 0.1) is 6.92 Å². The quantitative estimate of drug-likeness (QED) is 0.463. The molecule has 28 heavy (non-hydrogen) atoms. The van der Waals surface area contributed by atoms with Crippen molar-refractivity contribution < 1.29 is 9.59 Å². The van der Waals surface area contributed by atoms with Gasteiger partial charge in [0.2, 0.25) is 11.8 Å². The predicted octanol–water partition coefficient (Wildman–Crippen LogP) is 4.36. The van der Waals surface area contributed by atoms with Crippen molar-refractivity contribution in [2.75, 3.05) is 4.90 Å². The number of carbonyl (C=O) groups is 2. The molecule has 0 bridgehead atoms. The second-order valence-electron chi connectivity index (χ2n) is 6.24. The number of para-hydroxylation sites is 1. The Balaban J connectivity index is 1.59. The summed E-state index contributed by atoms with van der Waals surface area (Å²) in [6.07, 6.45) is 1.81. The fourth-order valence-electron chi connectivity index (χ4n) is 2.90. The van der Waals surface area contributed by atoms with Gasteiger partial charge in [0.05, 0.1) is 5.69 Å². The van der Waals surface area contributed by atoms with Gasteiger partial charge in [-0.2, -0.15) is 0 Å². The average molecular weight is 408 g/mol. The lowest BCUT2D eigenvalue weighted by atomic mass is 10.3. The summed E-state index contributed by atoms with van der Waals surface area (Å²) in [6.45, 7) is 1.87. The standard InChI is InChI=1S/C21H17N3O2S2/c1-14-11-12-22-21(23-14)28-18-13-19(25)24(20(18)26)16-9-5-6-10-17(16)27-15-7-3-2-4-8-15/h2-12,18H,13H2,1H3/t18-/m0/s1. The van der Waals surface area contributed by atoms with Crippen molar-refractivity contribution in [3.8, 4) is 0 Å². The van der Waals surface area contributed by atoms with Gasteiger partial charge in [0, 0.05) is 28.1 Å². The molecular formula is C21H17N3O2S2. The van der Waals surface area contributed by atoms with Crippen LogP contribution in [0.25, 0.3) is 0 Å². The Hall–Kier alpha value is -2.64. The summed E-state index contributed by atoms with van der Waals surface area (Å²) in [6, 6.07) is 19.2. The first kappa shape index (κ1) is 18.7. The van der Waals surface area contributed by atoms with E-state index in [1.165, 1.54) is 28.4 Å². The van der Waals surface area contributed by atoms with E-state index in [0.29, 0.717) is 10.8 Å². The van der Waals surface area contributed by atoms with Crippen LogP contribution in [0.3, 0.4) is 0 Å². The molecule has 140 valence electrons. The molecule has 0 radical (unpaired) electrons. The number of aromatic nitrogens is 2. The van der Waals surface area contributed by atoms with E-state index >= 15 is 0 Å². The maximum absolute atomic E-state index is 13.0. The van der Waals surface area contributed by atoms with Crippen LogP contribution in [0.2, 0.25) is 0 Å². The van der Waals surface area contributed by atoms with Crippen molar-refractivity contribution in [3.05, 3.63) is 72.6 Å². The minimum Gasteiger partial charge on any atom is -0.274 e. The van der Waals surface area contributed by atoms with Crippen LogP contribution in [-0.4, -0.2) is 27.0 Å². The topological polar surface area (TPSA) is 63.2 Å². The van der Waals surface area contributed by atoms with Gasteiger partial charge < -0.3 is 0 Å². The highest BCUT2D eigenvalue weighted by Crippen LogP contribution is 2.39. The number of benzene rings is 2. The second kappa shape index (κ2) is 8.16. The van der Waals surface area contributed by atoms with E-state index in [1.54, 1.807) is 12.3 Å². The third-order valence-corrected chi connectivity index (χ3v) is 6.34. The molecule has 1 aliphatic rings. The first-order valence-corrected chi connectivity index (χ1v) is 10.5. The Morgan fingerprint density at radius 3 is 2.54 bits per heavy atom. The SMILES string of the molecule is Cc1ccnc(S[C@H]2CC(=O)N(c3ccccc3Sc3ccccc3)C2=O)n1. The minimum atomic E-state index is -0.510. The highest BCUT2D eigenvalue weighted by molar-refractivity contribution is 8.00. The maximum atomic E-state index is 13.0. The molecule has 0 saturated carbocycles. The van der Waals surface area contributed by atoms with Crippen molar-refractivity contribution >= 4 is 41.0 Å². The fraction of sp³-hybridized carbons (Fsp3) is 0.143. The lowest BCUT2D eigenvalue weighted by Gasteiger charge is -2.18. The molecule has 4 rings (SSSR count). The Kier molecular flexibility index (Phi) is 5.45. The molecule has 1 fully saturated rings. The molecule has 0 spiro atoms. The van der Waals surface area contributed by atoms with E-state index in [4.69, 9.17) is 0 Å². The van der Waals surface area contributed by atoms with Gasteiger partial charge in [0.15, 0.2) is 5.16 Å². The lowest BCUT2D eigenvalue weighted by Crippen LogP contribution is -2.31. The van der Waals surface area contributed by atoms with Gasteiger partial charge in [-0.25, -0.2) is 14.9 Å². The number of amides is 2. The number of aryl methyl sites for hydroxylation is 1. The fourth-order valence-corrected chi connectivity index (χ4v) is 4.87. The van der Waals surface area contributed by atoms with Crippen LogP contribution in [0.5, 0.6) is 0 Å². The zero-order valence-electron chi connectivity index (χ0n) is 15.1. The zero-order chi connectivity index (χ0) is 19.5. The highest BCUT2D eigenvalue weighted by atomic mass is 32.2. The molecule has 1 atom stereocenters. The number of hydrogen-bond acceptors (Lipinski definition) is 6. The summed E-state index contributed by atoms with van der Waals surface area (Å²) in [5, 5.41) is 0.00373. The lowest BCUT2D eigenvalue weighted by molar-refractivity contribution is -0.121. The molecule has 1 aromatic heterocycles. The van der Waals surface area contributed by atoms with Gasteiger partial charge in [-0.3, -0.25) is 9.59 Å². The first-order chi connectivity index (χ1) is 13.6. The van der Waals surface area contributed by atoms with E-state index < -0.39 is 5.25 Å². The van der Waals surface area contributed by atoms with E-state index in [1.807, 2.05) is 61.5 Å². The number of imide groups is 1. The molecule has 3 aromatic rings. The third kappa shape index (κ3) is 3.95. The Bertz CT molecular complexity index is 1030. The second-order valence-corrected chi connectivity index (χ2v) is 8.53. The van der Waals surface area contributed by atoms with E-state index in [0.717, 1.165) is 15.5 Å². The summed E-state index contributed by atoms with van der Waals surface area (Å²) < 4.78 is 0. The number of anilines is 1. The summed E-state index contributed by atoms with van der Waals surface area (Å²) in [4.78, 5) is 37.5. The van der Waals surface area contributed by atoms with Crippen molar-refractivity contribution in [2.45, 2.75) is 33.5 Å². The third-order valence-electron chi connectivity index (χ3n) is 4.20. The number of rotatable bonds is 5. The Labute approximate surface area is 171 Å². The van der Waals surface area contributed by atoms with Gasteiger partial charge >= 0.3 is 0 Å². The van der Waals surface area contributed by atoms with Gasteiger partial charge in [-0.05, 0) is 37.3 Å². The smallest absolute Gasteiger partial charge is 0.247 e. The predicted molar refractivity (Wildman–Crippen MR) is 111 cm³/mol. The van der Waals surface area contributed by atoms with Crippen LogP contribution < -0.4 is 4.90 Å². The van der Waals surface area contributed by atoms with Gasteiger partial charge in [-0.15, -0.1) is 0 Å². The molecule has 0 aliphatic carbocycles. The Morgan fingerprint density at radius 2 is 1.75 bits per heavy atom. The van der Waals surface area contributed by atoms with E-state index in [-0.39, 0.29) is 18.2 Å².